The Balaban J connectivity index is 0.000000511. The molecule has 0 spiro atoms. The van der Waals surface area contributed by atoms with Crippen LogP contribution in [0, 0.1) is 0 Å². The minimum Gasteiger partial charge on any atom is -0.375 e. The minimum atomic E-state index is 0. The molecule has 0 aliphatic carbocycles. The van der Waals surface area contributed by atoms with Gasteiger partial charge in [-0.15, -0.1) is 0 Å². The number of ketones is 1. The highest BCUT2D eigenvalue weighted by atomic mass is 16.1. The highest BCUT2D eigenvalue weighted by molar-refractivity contribution is 5.87. The molecule has 0 fully saturated rings. The number of fused-ring (bicyclic) bond motifs is 1. The first-order valence-corrected chi connectivity index (χ1v) is 5.53. The summed E-state index contributed by atoms with van der Waals surface area (Å²) in [6.07, 6.45) is 2.09. The van der Waals surface area contributed by atoms with Crippen molar-refractivity contribution in [1.82, 2.24) is 0 Å². The van der Waals surface area contributed by atoms with Crippen LogP contribution in [0.5, 0.6) is 0 Å². The molecule has 1 aromatic carbocycles. The Morgan fingerprint density at radius 1 is 1.47 bits per heavy atom. The molecule has 1 heterocycles. The van der Waals surface area contributed by atoms with Crippen molar-refractivity contribution in [3.8, 4) is 0 Å². The number of rotatable bonds is 1. The fourth-order valence-corrected chi connectivity index (χ4v) is 1.54. The second-order valence-corrected chi connectivity index (χ2v) is 3.88. The average Bonchev–Trinajstić information content (AvgIpc) is 2.62. The molecule has 0 aromatic heterocycles. The van der Waals surface area contributed by atoms with E-state index < -0.39 is 0 Å². The van der Waals surface area contributed by atoms with Gasteiger partial charge in [0.1, 0.15) is 0 Å². The Morgan fingerprint density at radius 3 is 2.60 bits per heavy atom. The van der Waals surface area contributed by atoms with Crippen molar-refractivity contribution >= 4 is 11.5 Å². The van der Waals surface area contributed by atoms with Gasteiger partial charge < -0.3 is 5.32 Å². The van der Waals surface area contributed by atoms with Gasteiger partial charge in [0.2, 0.25) is 0 Å². The third kappa shape index (κ3) is 3.08. The molecule has 0 saturated heterocycles. The number of carbonyl (C=O) groups excluding carboxylic acids is 1. The first-order valence-electron chi connectivity index (χ1n) is 5.53. The normalized spacial score (nSPS) is 17.1. The van der Waals surface area contributed by atoms with Crippen LogP contribution in [0.4, 0.5) is 5.69 Å². The van der Waals surface area contributed by atoms with Crippen molar-refractivity contribution in [3.05, 3.63) is 29.8 Å². The SMILES string of the molecule is CC(=O)C1Cc2ccccc2N1.CCC.[HH]. The van der Waals surface area contributed by atoms with Gasteiger partial charge in [-0.2, -0.15) is 0 Å². The maximum absolute atomic E-state index is 11.1. The predicted molar refractivity (Wildman–Crippen MR) is 66.3 cm³/mol. The minimum absolute atomic E-state index is 0. The molecular weight excluding hydrogens is 186 g/mol. The number of hydrogen-bond donors (Lipinski definition) is 1. The lowest BCUT2D eigenvalue weighted by Gasteiger charge is -2.04. The molecule has 0 saturated carbocycles. The van der Waals surface area contributed by atoms with E-state index in [1.165, 1.54) is 12.0 Å². The molecule has 84 valence electrons. The molecule has 2 heteroatoms. The topological polar surface area (TPSA) is 29.1 Å². The van der Waals surface area contributed by atoms with Crippen molar-refractivity contribution in [1.29, 1.82) is 0 Å². The van der Waals surface area contributed by atoms with E-state index >= 15 is 0 Å². The second-order valence-electron chi connectivity index (χ2n) is 3.88. The fourth-order valence-electron chi connectivity index (χ4n) is 1.54. The smallest absolute Gasteiger partial charge is 0.152 e. The monoisotopic (exact) mass is 207 g/mol. The maximum atomic E-state index is 11.1. The standard InChI is InChI=1S/C10H11NO.C3H8.H2/c1-7(12)10-6-8-4-2-3-5-9(8)11-10;1-3-2;/h2-5,10-11H,6H2,1H3;3H2,1-2H3;1H. The molecule has 1 aliphatic rings. The molecule has 1 aromatic rings. The number of nitrogens with one attached hydrogen (secondary N) is 1. The van der Waals surface area contributed by atoms with Gasteiger partial charge in [-0.3, -0.25) is 4.79 Å². The van der Waals surface area contributed by atoms with Gasteiger partial charge in [0.05, 0.1) is 6.04 Å². The van der Waals surface area contributed by atoms with E-state index in [1.807, 2.05) is 18.2 Å². The van der Waals surface area contributed by atoms with Crippen LogP contribution in [-0.4, -0.2) is 11.8 Å². The molecule has 2 nitrogen and oxygen atoms in total. The molecule has 0 radical (unpaired) electrons. The van der Waals surface area contributed by atoms with Crippen LogP contribution >= 0.6 is 0 Å². The summed E-state index contributed by atoms with van der Waals surface area (Å²) in [5.74, 6) is 0.214. The number of anilines is 1. The summed E-state index contributed by atoms with van der Waals surface area (Å²) >= 11 is 0. The predicted octanol–water partition coefficient (Wildman–Crippen LogP) is 3.27. The first-order chi connectivity index (χ1) is 7.19. The van der Waals surface area contributed by atoms with E-state index in [1.54, 1.807) is 6.92 Å². The molecule has 15 heavy (non-hydrogen) atoms. The van der Waals surface area contributed by atoms with Gasteiger partial charge in [-0.05, 0) is 18.6 Å². The van der Waals surface area contributed by atoms with Crippen LogP contribution in [0.3, 0.4) is 0 Å². The lowest BCUT2D eigenvalue weighted by molar-refractivity contribution is -0.117. The van der Waals surface area contributed by atoms with E-state index in [2.05, 4.69) is 25.2 Å². The van der Waals surface area contributed by atoms with Crippen molar-refractivity contribution in [3.63, 3.8) is 0 Å². The Hall–Kier alpha value is -1.31. The van der Waals surface area contributed by atoms with E-state index in [4.69, 9.17) is 0 Å². The van der Waals surface area contributed by atoms with Crippen molar-refractivity contribution in [2.24, 2.45) is 0 Å². The lowest BCUT2D eigenvalue weighted by Crippen LogP contribution is -2.23. The third-order valence-electron chi connectivity index (χ3n) is 2.26. The highest BCUT2D eigenvalue weighted by Crippen LogP contribution is 2.25. The zero-order valence-electron chi connectivity index (χ0n) is 9.71. The van der Waals surface area contributed by atoms with E-state index in [-0.39, 0.29) is 13.3 Å². The van der Waals surface area contributed by atoms with Gasteiger partial charge in [0.25, 0.3) is 0 Å². The van der Waals surface area contributed by atoms with Crippen molar-refractivity contribution in [2.45, 2.75) is 39.7 Å². The van der Waals surface area contributed by atoms with E-state index in [0.717, 1.165) is 12.1 Å². The van der Waals surface area contributed by atoms with Crippen LogP contribution in [-0.2, 0) is 11.2 Å². The van der Waals surface area contributed by atoms with Crippen LogP contribution < -0.4 is 5.32 Å². The van der Waals surface area contributed by atoms with Crippen LogP contribution in [0.25, 0.3) is 0 Å². The summed E-state index contributed by atoms with van der Waals surface area (Å²) in [4.78, 5) is 11.1. The van der Waals surface area contributed by atoms with Crippen LogP contribution in [0.2, 0.25) is 0 Å². The molecule has 1 aliphatic heterocycles. The molecule has 0 amide bonds. The van der Waals surface area contributed by atoms with Crippen LogP contribution in [0.1, 0.15) is 34.2 Å². The largest absolute Gasteiger partial charge is 0.375 e. The number of carbonyl (C=O) groups is 1. The van der Waals surface area contributed by atoms with E-state index in [9.17, 15) is 4.79 Å². The summed E-state index contributed by atoms with van der Waals surface area (Å²) in [5, 5.41) is 3.18. The van der Waals surface area contributed by atoms with Gasteiger partial charge in [0.15, 0.2) is 5.78 Å². The number of hydrogen-bond acceptors (Lipinski definition) is 2. The Labute approximate surface area is 93.2 Å². The van der Waals surface area contributed by atoms with Gasteiger partial charge >= 0.3 is 0 Å². The third-order valence-corrected chi connectivity index (χ3v) is 2.26. The summed E-state index contributed by atoms with van der Waals surface area (Å²) in [6.45, 7) is 5.88. The maximum Gasteiger partial charge on any atom is 0.152 e. The molecule has 2 rings (SSSR count). The second kappa shape index (κ2) is 5.54. The number of para-hydroxylation sites is 1. The summed E-state index contributed by atoms with van der Waals surface area (Å²) < 4.78 is 0. The molecule has 0 bridgehead atoms. The van der Waals surface area contributed by atoms with Crippen LogP contribution in [0.15, 0.2) is 24.3 Å². The zero-order chi connectivity index (χ0) is 11.3. The summed E-state index contributed by atoms with van der Waals surface area (Å²) in [5.41, 5.74) is 2.36. The van der Waals surface area contributed by atoms with E-state index in [0.29, 0.717) is 0 Å². The quantitative estimate of drug-likeness (QED) is 0.765. The summed E-state index contributed by atoms with van der Waals surface area (Å²) in [7, 11) is 0. The Kier molecular flexibility index (Phi) is 4.35. The molecule has 1 N–H and O–H groups in total. The molecule has 1 unspecified atom stereocenters. The van der Waals surface area contributed by atoms with Gasteiger partial charge in [0, 0.05) is 13.5 Å². The lowest BCUT2D eigenvalue weighted by atomic mass is 10.1. The average molecular weight is 207 g/mol. The van der Waals surface area contributed by atoms with Crippen molar-refractivity contribution < 1.29 is 6.22 Å². The summed E-state index contributed by atoms with van der Waals surface area (Å²) in [6, 6.07) is 8.06. The molecular formula is C13H21NO. The Morgan fingerprint density at radius 2 is 2.07 bits per heavy atom. The Bertz CT molecular complexity index is 313. The zero-order valence-corrected chi connectivity index (χ0v) is 9.71. The number of Topliss-reactive ketones (excluding diaryl/α,β-unsaturated/α-hetero) is 1. The van der Waals surface area contributed by atoms with Crippen molar-refractivity contribution in [2.75, 3.05) is 5.32 Å². The number of benzene rings is 1. The van der Waals surface area contributed by atoms with Gasteiger partial charge in [-0.1, -0.05) is 38.5 Å². The fraction of sp³-hybridized carbons (Fsp3) is 0.462. The van der Waals surface area contributed by atoms with Gasteiger partial charge in [-0.25, -0.2) is 0 Å². The first kappa shape index (κ1) is 11.8. The highest BCUT2D eigenvalue weighted by Gasteiger charge is 2.22. The molecule has 1 atom stereocenters.